The molecule has 0 aliphatic rings. The highest BCUT2D eigenvalue weighted by atomic mass is 16.4. The summed E-state index contributed by atoms with van der Waals surface area (Å²) in [5.74, 6) is -0.0894. The number of H-pyrrole nitrogens is 1. The Morgan fingerprint density at radius 2 is 2.19 bits per heavy atom. The Kier molecular flexibility index (Phi) is 5.04. The number of aromatic amines is 1. The van der Waals surface area contributed by atoms with Gasteiger partial charge in [0.15, 0.2) is 0 Å². The first-order valence-corrected chi connectivity index (χ1v) is 7.87. The maximum Gasteiger partial charge on any atom is 0.434 e. The highest BCUT2D eigenvalue weighted by Crippen LogP contribution is 2.26. The lowest BCUT2D eigenvalue weighted by Gasteiger charge is -2.11. The molecule has 10 nitrogen and oxygen atoms in total. The van der Waals surface area contributed by atoms with E-state index < -0.39 is 5.76 Å². The second kappa shape index (κ2) is 7.57. The molecule has 3 aromatic rings. The molecule has 3 rings (SSSR count). The van der Waals surface area contributed by atoms with Gasteiger partial charge in [-0.05, 0) is 30.7 Å². The quantitative estimate of drug-likeness (QED) is 0.534. The molecule has 0 atom stereocenters. The van der Waals surface area contributed by atoms with Crippen molar-refractivity contribution in [1.82, 2.24) is 25.5 Å². The molecule has 0 aliphatic heterocycles. The molecule has 5 N–H and O–H groups in total. The second-order valence-corrected chi connectivity index (χ2v) is 5.26. The van der Waals surface area contributed by atoms with Gasteiger partial charge >= 0.3 is 11.8 Å². The first-order valence-electron chi connectivity index (χ1n) is 7.87. The van der Waals surface area contributed by atoms with E-state index in [-0.39, 0.29) is 18.5 Å². The van der Waals surface area contributed by atoms with Crippen LogP contribution in [0.3, 0.4) is 0 Å². The number of pyridine rings is 2. The fourth-order valence-electron chi connectivity index (χ4n) is 2.35. The predicted octanol–water partition coefficient (Wildman–Crippen LogP) is 1.09. The molecule has 3 aromatic heterocycles. The van der Waals surface area contributed by atoms with E-state index in [9.17, 15) is 9.59 Å². The number of rotatable bonds is 5. The van der Waals surface area contributed by atoms with Gasteiger partial charge in [0.05, 0.1) is 5.69 Å². The Balaban J connectivity index is 1.93. The van der Waals surface area contributed by atoms with Crippen molar-refractivity contribution in [3.05, 3.63) is 46.7 Å². The summed E-state index contributed by atoms with van der Waals surface area (Å²) in [6.07, 6.45) is 3.15. The standard InChI is InChI=1S/C16H17N7O3/c1-2-18-15(24)21-13-6-10(7-17)11(8-20-13)12-5-9(3-4-19-12)14-22-23-16(25)26-14/h3-6,8H,2,7,17H2,1H3,(H,23,25)(H2,18,20,21,24). The van der Waals surface area contributed by atoms with Crippen LogP contribution in [0, 0.1) is 0 Å². The monoisotopic (exact) mass is 355 g/mol. The number of aromatic nitrogens is 4. The maximum atomic E-state index is 11.6. The predicted molar refractivity (Wildman–Crippen MR) is 94.2 cm³/mol. The number of carbonyl (C=O) groups is 1. The lowest BCUT2D eigenvalue weighted by Crippen LogP contribution is -2.28. The van der Waals surface area contributed by atoms with Crippen molar-refractivity contribution in [1.29, 1.82) is 0 Å². The Labute approximate surface area is 147 Å². The third-order valence-electron chi connectivity index (χ3n) is 3.51. The third kappa shape index (κ3) is 3.75. The maximum absolute atomic E-state index is 11.6. The van der Waals surface area contributed by atoms with Gasteiger partial charge in [-0.1, -0.05) is 0 Å². The molecule has 134 valence electrons. The Bertz CT molecular complexity index is 980. The average Bonchev–Trinajstić information content (AvgIpc) is 3.08. The van der Waals surface area contributed by atoms with Gasteiger partial charge in [0.25, 0.3) is 0 Å². The minimum Gasteiger partial charge on any atom is -0.388 e. The second-order valence-electron chi connectivity index (χ2n) is 5.26. The lowest BCUT2D eigenvalue weighted by molar-refractivity contribution is 0.252. The number of hydrogen-bond acceptors (Lipinski definition) is 7. The van der Waals surface area contributed by atoms with Crippen LogP contribution in [0.1, 0.15) is 12.5 Å². The van der Waals surface area contributed by atoms with Crippen LogP contribution < -0.4 is 22.1 Å². The van der Waals surface area contributed by atoms with Crippen LogP contribution in [0.2, 0.25) is 0 Å². The molecular formula is C16H17N7O3. The summed E-state index contributed by atoms with van der Waals surface area (Å²) in [6.45, 7) is 2.56. The summed E-state index contributed by atoms with van der Waals surface area (Å²) >= 11 is 0. The molecule has 0 aromatic carbocycles. The molecule has 0 saturated heterocycles. The van der Waals surface area contributed by atoms with Gasteiger partial charge in [0, 0.05) is 36.6 Å². The molecule has 0 spiro atoms. The van der Waals surface area contributed by atoms with Crippen LogP contribution in [0.15, 0.2) is 39.8 Å². The molecular weight excluding hydrogens is 338 g/mol. The largest absolute Gasteiger partial charge is 0.434 e. The number of hydrogen-bond donors (Lipinski definition) is 4. The number of urea groups is 1. The summed E-state index contributed by atoms with van der Waals surface area (Å²) < 4.78 is 4.96. The minimum atomic E-state index is -0.636. The Morgan fingerprint density at radius 3 is 2.88 bits per heavy atom. The first-order chi connectivity index (χ1) is 12.6. The molecule has 0 aliphatic carbocycles. The Hall–Kier alpha value is -3.53. The van der Waals surface area contributed by atoms with Gasteiger partial charge in [0.2, 0.25) is 5.89 Å². The van der Waals surface area contributed by atoms with E-state index in [0.29, 0.717) is 29.2 Å². The van der Waals surface area contributed by atoms with E-state index in [1.807, 2.05) is 6.92 Å². The van der Waals surface area contributed by atoms with Gasteiger partial charge < -0.3 is 15.5 Å². The summed E-state index contributed by atoms with van der Waals surface area (Å²) in [7, 11) is 0. The molecule has 10 heteroatoms. The fraction of sp³-hybridized carbons (Fsp3) is 0.188. The van der Waals surface area contributed by atoms with E-state index in [2.05, 4.69) is 30.8 Å². The van der Waals surface area contributed by atoms with Crippen molar-refractivity contribution >= 4 is 11.8 Å². The highest BCUT2D eigenvalue weighted by molar-refractivity contribution is 5.88. The summed E-state index contributed by atoms with van der Waals surface area (Å²) in [6, 6.07) is 4.73. The van der Waals surface area contributed by atoms with Crippen molar-refractivity contribution in [3.63, 3.8) is 0 Å². The molecule has 2 amide bonds. The van der Waals surface area contributed by atoms with Crippen LogP contribution in [-0.4, -0.2) is 32.7 Å². The highest BCUT2D eigenvalue weighted by Gasteiger charge is 2.12. The van der Waals surface area contributed by atoms with Crippen molar-refractivity contribution in [2.75, 3.05) is 11.9 Å². The number of anilines is 1. The number of nitrogens with one attached hydrogen (secondary N) is 3. The molecule has 26 heavy (non-hydrogen) atoms. The molecule has 0 saturated carbocycles. The fourth-order valence-corrected chi connectivity index (χ4v) is 2.35. The van der Waals surface area contributed by atoms with E-state index >= 15 is 0 Å². The van der Waals surface area contributed by atoms with E-state index in [0.717, 1.165) is 5.56 Å². The van der Waals surface area contributed by atoms with E-state index in [1.165, 1.54) is 0 Å². The third-order valence-corrected chi connectivity index (χ3v) is 3.51. The lowest BCUT2D eigenvalue weighted by atomic mass is 10.0. The number of carbonyl (C=O) groups excluding carboxylic acids is 1. The van der Waals surface area contributed by atoms with Crippen molar-refractivity contribution in [2.24, 2.45) is 5.73 Å². The van der Waals surface area contributed by atoms with Gasteiger partial charge in [0.1, 0.15) is 5.82 Å². The minimum absolute atomic E-state index is 0.162. The SMILES string of the molecule is CCNC(=O)Nc1cc(CN)c(-c2cc(-c3n[nH]c(=O)o3)ccn2)cn1. The summed E-state index contributed by atoms with van der Waals surface area (Å²) in [5.41, 5.74) is 8.46. The van der Waals surface area contributed by atoms with E-state index in [1.54, 1.807) is 30.6 Å². The summed E-state index contributed by atoms with van der Waals surface area (Å²) in [5, 5.41) is 11.3. The molecule has 0 unspecified atom stereocenters. The average molecular weight is 355 g/mol. The molecule has 0 fully saturated rings. The van der Waals surface area contributed by atoms with Crippen molar-refractivity contribution in [2.45, 2.75) is 13.5 Å². The van der Waals surface area contributed by atoms with Gasteiger partial charge in [-0.25, -0.2) is 19.7 Å². The van der Waals surface area contributed by atoms with Crippen LogP contribution in [0.4, 0.5) is 10.6 Å². The van der Waals surface area contributed by atoms with Crippen LogP contribution in [-0.2, 0) is 6.54 Å². The van der Waals surface area contributed by atoms with Gasteiger partial charge in [-0.15, -0.1) is 5.10 Å². The zero-order valence-electron chi connectivity index (χ0n) is 13.9. The zero-order chi connectivity index (χ0) is 18.5. The van der Waals surface area contributed by atoms with Crippen molar-refractivity contribution < 1.29 is 9.21 Å². The topological polar surface area (TPSA) is 152 Å². The smallest absolute Gasteiger partial charge is 0.388 e. The Morgan fingerprint density at radius 1 is 1.35 bits per heavy atom. The summed E-state index contributed by atoms with van der Waals surface area (Å²) in [4.78, 5) is 31.3. The number of nitrogens with two attached hydrogens (primary N) is 1. The molecule has 0 bridgehead atoms. The van der Waals surface area contributed by atoms with Gasteiger partial charge in [-0.2, -0.15) is 0 Å². The van der Waals surface area contributed by atoms with Crippen molar-refractivity contribution in [3.8, 4) is 22.7 Å². The van der Waals surface area contributed by atoms with Crippen LogP contribution in [0.25, 0.3) is 22.7 Å². The molecule has 0 radical (unpaired) electrons. The van der Waals surface area contributed by atoms with Gasteiger partial charge in [-0.3, -0.25) is 10.3 Å². The normalized spacial score (nSPS) is 10.5. The molecule has 3 heterocycles. The van der Waals surface area contributed by atoms with Crippen LogP contribution in [0.5, 0.6) is 0 Å². The van der Waals surface area contributed by atoms with E-state index in [4.69, 9.17) is 10.2 Å². The number of amides is 2. The number of nitrogens with zero attached hydrogens (tertiary/aromatic N) is 3. The first kappa shape index (κ1) is 17.3. The zero-order valence-corrected chi connectivity index (χ0v) is 13.9. The van der Waals surface area contributed by atoms with Crippen LogP contribution >= 0.6 is 0 Å².